The van der Waals surface area contributed by atoms with E-state index >= 15 is 0 Å². The molecule has 1 atom stereocenters. The van der Waals surface area contributed by atoms with Crippen molar-refractivity contribution >= 4 is 42.3 Å². The van der Waals surface area contributed by atoms with Gasteiger partial charge in [-0.1, -0.05) is 13.0 Å². The van der Waals surface area contributed by atoms with Gasteiger partial charge in [-0.05, 0) is 19.2 Å². The summed E-state index contributed by atoms with van der Waals surface area (Å²) in [5.41, 5.74) is 0.712. The smallest absolute Gasteiger partial charge is 0.235 e. The van der Waals surface area contributed by atoms with Crippen LogP contribution in [0.4, 0.5) is 5.95 Å². The molecule has 8 heteroatoms. The lowest BCUT2D eigenvalue weighted by Gasteiger charge is -2.09. The Labute approximate surface area is 123 Å². The molecule has 6 nitrogen and oxygen atoms in total. The summed E-state index contributed by atoms with van der Waals surface area (Å²) >= 11 is 0. The summed E-state index contributed by atoms with van der Waals surface area (Å²) < 4.78 is 1.74. The van der Waals surface area contributed by atoms with Crippen molar-refractivity contribution in [2.45, 2.75) is 6.92 Å². The highest BCUT2D eigenvalue weighted by Crippen LogP contribution is 2.08. The van der Waals surface area contributed by atoms with Gasteiger partial charge in [0.05, 0.1) is 0 Å². The normalized spacial score (nSPS) is 11.3. The summed E-state index contributed by atoms with van der Waals surface area (Å²) in [6, 6.07) is 5.57. The number of halogens is 2. The monoisotopic (exact) mass is 305 g/mol. The number of rotatable bonds is 4. The van der Waals surface area contributed by atoms with Crippen LogP contribution < -0.4 is 10.6 Å². The minimum absolute atomic E-state index is 0. The summed E-state index contributed by atoms with van der Waals surface area (Å²) in [4.78, 5) is 11.8. The number of hydrogen-bond donors (Lipinski definition) is 2. The zero-order valence-electron chi connectivity index (χ0n) is 10.7. The van der Waals surface area contributed by atoms with Crippen LogP contribution in [0.25, 0.3) is 5.65 Å². The van der Waals surface area contributed by atoms with E-state index in [1.165, 1.54) is 0 Å². The Hall–Kier alpha value is -1.37. The zero-order chi connectivity index (χ0) is 12.3. The fraction of sp³-hybridized carbons (Fsp3) is 0.364. The van der Waals surface area contributed by atoms with Gasteiger partial charge in [-0.2, -0.15) is 0 Å². The molecule has 0 bridgehead atoms. The number of carbonyl (C=O) groups excluding carboxylic acids is 1. The number of aromatic nitrogens is 3. The number of carbonyl (C=O) groups is 1. The lowest BCUT2D eigenvalue weighted by molar-refractivity contribution is -0.119. The first kappa shape index (κ1) is 17.6. The van der Waals surface area contributed by atoms with Crippen molar-refractivity contribution in [1.29, 1.82) is 0 Å². The van der Waals surface area contributed by atoms with E-state index in [1.807, 2.05) is 38.4 Å². The molecule has 2 rings (SSSR count). The molecule has 2 aromatic heterocycles. The number of nitrogens with zero attached hydrogens (tertiary/aromatic N) is 3. The predicted molar refractivity (Wildman–Crippen MR) is 79.2 cm³/mol. The van der Waals surface area contributed by atoms with Gasteiger partial charge in [-0.3, -0.25) is 14.5 Å². The molecule has 2 aromatic rings. The van der Waals surface area contributed by atoms with Crippen LogP contribution in [0.5, 0.6) is 0 Å². The first-order chi connectivity index (χ1) is 8.22. The number of nitrogens with one attached hydrogen (secondary N) is 2. The zero-order valence-corrected chi connectivity index (χ0v) is 12.3. The summed E-state index contributed by atoms with van der Waals surface area (Å²) in [6.45, 7) is 2.48. The average molecular weight is 306 g/mol. The van der Waals surface area contributed by atoms with Gasteiger partial charge in [0.15, 0.2) is 5.65 Å². The van der Waals surface area contributed by atoms with Crippen molar-refractivity contribution in [2.24, 2.45) is 5.92 Å². The molecule has 2 N–H and O–H groups in total. The fourth-order valence-electron chi connectivity index (χ4n) is 1.56. The summed E-state index contributed by atoms with van der Waals surface area (Å²) in [5.74, 6) is 0.266. The Morgan fingerprint density at radius 1 is 1.37 bits per heavy atom. The molecule has 1 amide bonds. The van der Waals surface area contributed by atoms with Crippen LogP contribution in [0.15, 0.2) is 24.4 Å². The van der Waals surface area contributed by atoms with Gasteiger partial charge < -0.3 is 5.32 Å². The van der Waals surface area contributed by atoms with Crippen LogP contribution in [-0.4, -0.2) is 34.1 Å². The van der Waals surface area contributed by atoms with Crippen LogP contribution in [0.1, 0.15) is 6.92 Å². The highest BCUT2D eigenvalue weighted by atomic mass is 35.5. The molecule has 0 aliphatic heterocycles. The molecule has 0 aliphatic carbocycles. The molecule has 0 radical (unpaired) electrons. The standard InChI is InChI=1S/C11H15N5O.2ClH/c1-8(7-12-2)10(17)13-11-15-14-9-5-3-4-6-16(9)11;;/h3-6,8,12H,7H2,1-2H3,(H,13,15,17);2*1H. The lowest BCUT2D eigenvalue weighted by atomic mass is 10.2. The maximum Gasteiger partial charge on any atom is 0.235 e. The summed E-state index contributed by atoms with van der Waals surface area (Å²) in [7, 11) is 1.82. The molecule has 0 aromatic carbocycles. The minimum Gasteiger partial charge on any atom is -0.319 e. The van der Waals surface area contributed by atoms with Gasteiger partial charge in [0, 0.05) is 18.7 Å². The second-order valence-corrected chi connectivity index (χ2v) is 3.90. The third-order valence-electron chi connectivity index (χ3n) is 2.51. The maximum atomic E-state index is 11.8. The molecular weight excluding hydrogens is 289 g/mol. The maximum absolute atomic E-state index is 11.8. The van der Waals surface area contributed by atoms with Gasteiger partial charge in [-0.25, -0.2) is 0 Å². The first-order valence-electron chi connectivity index (χ1n) is 5.47. The minimum atomic E-state index is -0.115. The van der Waals surface area contributed by atoms with E-state index in [2.05, 4.69) is 20.8 Å². The van der Waals surface area contributed by atoms with Crippen molar-refractivity contribution in [1.82, 2.24) is 19.9 Å². The van der Waals surface area contributed by atoms with Crippen LogP contribution in [0.3, 0.4) is 0 Å². The number of hydrogen-bond acceptors (Lipinski definition) is 4. The number of pyridine rings is 1. The molecule has 106 valence electrons. The Bertz CT molecular complexity index is 531. The van der Waals surface area contributed by atoms with Gasteiger partial charge in [0.1, 0.15) is 0 Å². The van der Waals surface area contributed by atoms with Crippen molar-refractivity contribution in [2.75, 3.05) is 18.9 Å². The Balaban J connectivity index is 0.00000162. The average Bonchev–Trinajstić information content (AvgIpc) is 2.73. The van der Waals surface area contributed by atoms with Crippen LogP contribution in [0.2, 0.25) is 0 Å². The molecule has 0 spiro atoms. The first-order valence-corrected chi connectivity index (χ1v) is 5.47. The Kier molecular flexibility index (Phi) is 7.36. The van der Waals surface area contributed by atoms with E-state index < -0.39 is 0 Å². The van der Waals surface area contributed by atoms with Crippen molar-refractivity contribution in [3.05, 3.63) is 24.4 Å². The van der Waals surface area contributed by atoms with E-state index in [0.29, 0.717) is 18.1 Å². The van der Waals surface area contributed by atoms with E-state index in [0.717, 1.165) is 0 Å². The van der Waals surface area contributed by atoms with Crippen LogP contribution in [0, 0.1) is 5.92 Å². The molecule has 0 aliphatic rings. The largest absolute Gasteiger partial charge is 0.319 e. The number of fused-ring (bicyclic) bond motifs is 1. The molecule has 1 unspecified atom stereocenters. The summed E-state index contributed by atoms with van der Waals surface area (Å²) in [6.07, 6.45) is 1.81. The summed E-state index contributed by atoms with van der Waals surface area (Å²) in [5, 5.41) is 13.6. The quantitative estimate of drug-likeness (QED) is 0.895. The van der Waals surface area contributed by atoms with Gasteiger partial charge in [0.25, 0.3) is 0 Å². The molecule has 2 heterocycles. The van der Waals surface area contributed by atoms with Crippen molar-refractivity contribution in [3.8, 4) is 0 Å². The third-order valence-corrected chi connectivity index (χ3v) is 2.51. The molecule has 0 fully saturated rings. The Morgan fingerprint density at radius 3 is 2.79 bits per heavy atom. The third kappa shape index (κ3) is 4.05. The van der Waals surface area contributed by atoms with E-state index in [1.54, 1.807) is 4.40 Å². The number of amides is 1. The van der Waals surface area contributed by atoms with E-state index in [9.17, 15) is 4.79 Å². The van der Waals surface area contributed by atoms with Gasteiger partial charge in [0.2, 0.25) is 11.9 Å². The lowest BCUT2D eigenvalue weighted by Crippen LogP contribution is -2.29. The molecule has 0 saturated carbocycles. The molecule has 0 saturated heterocycles. The number of anilines is 1. The van der Waals surface area contributed by atoms with Gasteiger partial charge >= 0.3 is 0 Å². The van der Waals surface area contributed by atoms with Gasteiger partial charge in [-0.15, -0.1) is 35.0 Å². The predicted octanol–water partition coefficient (Wildman–Crippen LogP) is 1.37. The topological polar surface area (TPSA) is 71.3 Å². The molecular formula is C11H17Cl2N5O. The van der Waals surface area contributed by atoms with E-state index in [4.69, 9.17) is 0 Å². The SMILES string of the molecule is CNCC(C)C(=O)Nc1nnc2ccccn12.Cl.Cl. The van der Waals surface area contributed by atoms with Crippen LogP contribution >= 0.6 is 24.8 Å². The van der Waals surface area contributed by atoms with E-state index in [-0.39, 0.29) is 36.6 Å². The van der Waals surface area contributed by atoms with Crippen molar-refractivity contribution in [3.63, 3.8) is 0 Å². The van der Waals surface area contributed by atoms with Crippen LogP contribution in [-0.2, 0) is 4.79 Å². The second-order valence-electron chi connectivity index (χ2n) is 3.90. The fourth-order valence-corrected chi connectivity index (χ4v) is 1.56. The second kappa shape index (κ2) is 7.93. The highest BCUT2D eigenvalue weighted by molar-refractivity contribution is 5.91. The van der Waals surface area contributed by atoms with Crippen molar-refractivity contribution < 1.29 is 4.79 Å². The highest BCUT2D eigenvalue weighted by Gasteiger charge is 2.14. The molecule has 19 heavy (non-hydrogen) atoms. The Morgan fingerprint density at radius 2 is 2.11 bits per heavy atom.